The number of ether oxygens (including phenoxy) is 1. The van der Waals surface area contributed by atoms with Gasteiger partial charge in [-0.2, -0.15) is 0 Å². The molecule has 0 radical (unpaired) electrons. The molecule has 1 atom stereocenters. The van der Waals surface area contributed by atoms with Crippen molar-refractivity contribution in [3.63, 3.8) is 0 Å². The summed E-state index contributed by atoms with van der Waals surface area (Å²) in [5.74, 6) is 5.63. The third kappa shape index (κ3) is 6.20. The third-order valence-corrected chi connectivity index (χ3v) is 2.42. The molecule has 0 saturated carbocycles. The van der Waals surface area contributed by atoms with E-state index >= 15 is 0 Å². The molecule has 3 N–H and O–H groups in total. The van der Waals surface area contributed by atoms with E-state index in [1.807, 2.05) is 26.8 Å². The van der Waals surface area contributed by atoms with Crippen LogP contribution in [0.15, 0.2) is 71.5 Å². The van der Waals surface area contributed by atoms with Crippen LogP contribution in [-0.4, -0.2) is 6.10 Å². The first-order chi connectivity index (χ1) is 9.51. The maximum Gasteiger partial charge on any atom is 0.138 e. The monoisotopic (exact) mass is 276 g/mol. The van der Waals surface area contributed by atoms with Crippen LogP contribution in [0.1, 0.15) is 20.8 Å². The van der Waals surface area contributed by atoms with Crippen molar-refractivity contribution < 1.29 is 9.13 Å². The Balaban J connectivity index is 2.91. The fourth-order valence-corrected chi connectivity index (χ4v) is 1.48. The lowest BCUT2D eigenvalue weighted by molar-refractivity contribution is 0.201. The van der Waals surface area contributed by atoms with Gasteiger partial charge in [0.25, 0.3) is 0 Å². The molecule has 0 aromatic rings. The standard InChI is InChI=1S/C16H21FN2O/c1-12(2)10-16(9-8-13(3)19-18)20-15-7-5-4-6-14(17)11-15/h4-11,15,19H,18H2,1-3H3/b13-8+,16-9+. The molecule has 0 aromatic heterocycles. The van der Waals surface area contributed by atoms with E-state index in [9.17, 15) is 4.39 Å². The molecule has 0 amide bonds. The molecule has 0 bridgehead atoms. The predicted octanol–water partition coefficient (Wildman–Crippen LogP) is 3.57. The molecule has 0 aliphatic heterocycles. The Labute approximate surface area is 119 Å². The average Bonchev–Trinajstić information content (AvgIpc) is 2.59. The molecule has 4 heteroatoms. The van der Waals surface area contributed by atoms with Crippen molar-refractivity contribution in [3.05, 3.63) is 71.5 Å². The van der Waals surface area contributed by atoms with Crippen LogP contribution in [-0.2, 0) is 4.74 Å². The third-order valence-electron chi connectivity index (χ3n) is 2.42. The Morgan fingerprint density at radius 3 is 2.70 bits per heavy atom. The van der Waals surface area contributed by atoms with Crippen LogP contribution in [0.25, 0.3) is 0 Å². The molecule has 0 saturated heterocycles. The molecule has 0 fully saturated rings. The highest BCUT2D eigenvalue weighted by atomic mass is 19.1. The van der Waals surface area contributed by atoms with Crippen LogP contribution in [0, 0.1) is 0 Å². The van der Waals surface area contributed by atoms with Crippen LogP contribution >= 0.6 is 0 Å². The quantitative estimate of drug-likeness (QED) is 0.349. The lowest BCUT2D eigenvalue weighted by atomic mass is 10.2. The number of hydrogen-bond donors (Lipinski definition) is 2. The summed E-state index contributed by atoms with van der Waals surface area (Å²) >= 11 is 0. The molecule has 1 aliphatic carbocycles. The van der Waals surface area contributed by atoms with Crippen molar-refractivity contribution in [1.29, 1.82) is 0 Å². The summed E-state index contributed by atoms with van der Waals surface area (Å²) in [7, 11) is 0. The van der Waals surface area contributed by atoms with E-state index in [1.165, 1.54) is 12.2 Å². The molecule has 1 unspecified atom stereocenters. The number of hydrogen-bond acceptors (Lipinski definition) is 3. The van der Waals surface area contributed by atoms with E-state index in [0.717, 1.165) is 11.3 Å². The fraction of sp³-hybridized carbons (Fsp3) is 0.250. The van der Waals surface area contributed by atoms with Gasteiger partial charge in [-0.25, -0.2) is 4.39 Å². The second-order valence-electron chi connectivity index (χ2n) is 4.66. The topological polar surface area (TPSA) is 47.3 Å². The first-order valence-electron chi connectivity index (χ1n) is 6.40. The minimum Gasteiger partial charge on any atom is -0.482 e. The fourth-order valence-electron chi connectivity index (χ4n) is 1.48. The predicted molar refractivity (Wildman–Crippen MR) is 80.9 cm³/mol. The maximum absolute atomic E-state index is 13.4. The zero-order chi connectivity index (χ0) is 15.0. The van der Waals surface area contributed by atoms with E-state index in [0.29, 0.717) is 5.76 Å². The van der Waals surface area contributed by atoms with Crippen molar-refractivity contribution in [3.8, 4) is 0 Å². The zero-order valence-corrected chi connectivity index (χ0v) is 12.1. The van der Waals surface area contributed by atoms with E-state index in [-0.39, 0.29) is 5.83 Å². The van der Waals surface area contributed by atoms with Crippen molar-refractivity contribution in [2.45, 2.75) is 26.9 Å². The number of nitrogens with two attached hydrogens (primary N) is 1. The van der Waals surface area contributed by atoms with Gasteiger partial charge >= 0.3 is 0 Å². The van der Waals surface area contributed by atoms with E-state index in [4.69, 9.17) is 10.6 Å². The minimum absolute atomic E-state index is 0.313. The molecule has 0 heterocycles. The van der Waals surface area contributed by atoms with Crippen LogP contribution in [0.5, 0.6) is 0 Å². The van der Waals surface area contributed by atoms with Crippen LogP contribution in [0.3, 0.4) is 0 Å². The smallest absolute Gasteiger partial charge is 0.138 e. The van der Waals surface area contributed by atoms with Crippen LogP contribution < -0.4 is 11.3 Å². The summed E-state index contributed by atoms with van der Waals surface area (Å²) in [5.41, 5.74) is 4.42. The second-order valence-corrected chi connectivity index (χ2v) is 4.66. The minimum atomic E-state index is -0.439. The van der Waals surface area contributed by atoms with Crippen LogP contribution in [0.2, 0.25) is 0 Å². The summed E-state index contributed by atoms with van der Waals surface area (Å²) in [6.45, 7) is 5.78. The van der Waals surface area contributed by atoms with Gasteiger partial charge < -0.3 is 10.2 Å². The SMILES string of the molecule is CC(C)=C/C(=C\C=C(/C)NN)OC1C=CC=CC(F)=C1. The van der Waals surface area contributed by atoms with Gasteiger partial charge in [0, 0.05) is 5.70 Å². The molecule has 0 aromatic carbocycles. The highest BCUT2D eigenvalue weighted by Crippen LogP contribution is 2.15. The molecule has 0 spiro atoms. The second kappa shape index (κ2) is 8.17. The van der Waals surface area contributed by atoms with Crippen molar-refractivity contribution in [2.75, 3.05) is 0 Å². The van der Waals surface area contributed by atoms with Gasteiger partial charge in [0.1, 0.15) is 17.7 Å². The van der Waals surface area contributed by atoms with Gasteiger partial charge in [-0.05, 0) is 57.2 Å². The highest BCUT2D eigenvalue weighted by molar-refractivity contribution is 5.28. The number of allylic oxidation sites excluding steroid dienone is 9. The normalized spacial score (nSPS) is 19.2. The van der Waals surface area contributed by atoms with E-state index in [2.05, 4.69) is 5.43 Å². The summed E-state index contributed by atoms with van der Waals surface area (Å²) in [6.07, 6.45) is 13.0. The Kier molecular flexibility index (Phi) is 6.53. The molecule has 108 valence electrons. The van der Waals surface area contributed by atoms with Gasteiger partial charge in [0.05, 0.1) is 0 Å². The summed E-state index contributed by atoms with van der Waals surface area (Å²) in [6, 6.07) is 0. The van der Waals surface area contributed by atoms with E-state index < -0.39 is 6.10 Å². The molecule has 3 nitrogen and oxygen atoms in total. The summed E-state index contributed by atoms with van der Waals surface area (Å²) in [4.78, 5) is 0. The van der Waals surface area contributed by atoms with Crippen molar-refractivity contribution >= 4 is 0 Å². The zero-order valence-electron chi connectivity index (χ0n) is 12.1. The molecule has 1 aliphatic rings. The number of rotatable bonds is 5. The summed E-state index contributed by atoms with van der Waals surface area (Å²) in [5, 5.41) is 0. The van der Waals surface area contributed by atoms with Crippen molar-refractivity contribution in [1.82, 2.24) is 5.43 Å². The highest BCUT2D eigenvalue weighted by Gasteiger charge is 2.07. The lowest BCUT2D eigenvalue weighted by Crippen LogP contribution is -2.18. The number of hydrazine groups is 1. The Hall–Kier alpha value is -2.07. The lowest BCUT2D eigenvalue weighted by Gasteiger charge is -2.13. The van der Waals surface area contributed by atoms with E-state index in [1.54, 1.807) is 30.4 Å². The number of nitrogens with one attached hydrogen (secondary N) is 1. The maximum atomic E-state index is 13.4. The molecule has 20 heavy (non-hydrogen) atoms. The van der Waals surface area contributed by atoms with Gasteiger partial charge in [-0.15, -0.1) is 0 Å². The first kappa shape index (κ1) is 16.0. The Morgan fingerprint density at radius 1 is 1.30 bits per heavy atom. The van der Waals surface area contributed by atoms with Gasteiger partial charge in [0.2, 0.25) is 0 Å². The van der Waals surface area contributed by atoms with Crippen molar-refractivity contribution in [2.24, 2.45) is 5.84 Å². The average molecular weight is 276 g/mol. The number of halogens is 1. The largest absolute Gasteiger partial charge is 0.482 e. The molecular formula is C16H21FN2O. The Morgan fingerprint density at radius 2 is 2.05 bits per heavy atom. The van der Waals surface area contributed by atoms with Gasteiger partial charge in [-0.1, -0.05) is 17.7 Å². The Bertz CT molecular complexity index is 507. The van der Waals surface area contributed by atoms with Gasteiger partial charge in [-0.3, -0.25) is 5.84 Å². The van der Waals surface area contributed by atoms with Crippen LogP contribution in [0.4, 0.5) is 4.39 Å². The van der Waals surface area contributed by atoms with Gasteiger partial charge in [0.15, 0.2) is 0 Å². The molecule has 1 rings (SSSR count). The molecular weight excluding hydrogens is 255 g/mol. The summed E-state index contributed by atoms with van der Waals surface area (Å²) < 4.78 is 19.1. The first-order valence-corrected chi connectivity index (χ1v) is 6.40.